The number of Topliss-reactive ketones (excluding diaryl/α,β-unsaturated/α-hetero) is 1. The van der Waals surface area contributed by atoms with Crippen LogP contribution in [-0.4, -0.2) is 29.7 Å². The number of esters is 1. The van der Waals surface area contributed by atoms with Gasteiger partial charge in [0.15, 0.2) is 6.10 Å². The van der Waals surface area contributed by atoms with Crippen molar-refractivity contribution < 1.29 is 23.9 Å². The molecule has 4 rings (SSSR count). The Balaban J connectivity index is 1.55. The van der Waals surface area contributed by atoms with Crippen LogP contribution in [0.4, 0.5) is 5.69 Å². The van der Waals surface area contributed by atoms with Crippen LogP contribution < -0.4 is 4.90 Å². The van der Waals surface area contributed by atoms with E-state index in [0.717, 1.165) is 10.5 Å². The van der Waals surface area contributed by atoms with Crippen LogP contribution in [0.15, 0.2) is 60.7 Å². The third-order valence-electron chi connectivity index (χ3n) is 5.26. The van der Waals surface area contributed by atoms with Crippen molar-refractivity contribution in [2.24, 2.45) is 0 Å². The van der Waals surface area contributed by atoms with Gasteiger partial charge >= 0.3 is 5.97 Å². The molecule has 0 radical (unpaired) electrons. The van der Waals surface area contributed by atoms with Crippen LogP contribution in [0.3, 0.4) is 0 Å². The topological polar surface area (TPSA) is 80.8 Å². The first-order chi connectivity index (χ1) is 15.7. The van der Waals surface area contributed by atoms with Gasteiger partial charge in [-0.05, 0) is 50.2 Å². The van der Waals surface area contributed by atoms with Gasteiger partial charge in [-0.3, -0.25) is 14.4 Å². The summed E-state index contributed by atoms with van der Waals surface area (Å²) >= 11 is 12.1. The molecular weight excluding hydrogens is 465 g/mol. The number of benzene rings is 3. The fourth-order valence-electron chi connectivity index (χ4n) is 3.48. The van der Waals surface area contributed by atoms with E-state index in [1.807, 2.05) is 6.92 Å². The van der Waals surface area contributed by atoms with Gasteiger partial charge in [-0.2, -0.15) is 0 Å². The Morgan fingerprint density at radius 1 is 0.848 bits per heavy atom. The highest BCUT2D eigenvalue weighted by Gasteiger charge is 2.38. The average molecular weight is 482 g/mol. The number of carbonyl (C=O) groups is 4. The number of halogens is 2. The number of hydrogen-bond acceptors (Lipinski definition) is 5. The number of carbonyl (C=O) groups excluding carboxylic acids is 4. The smallest absolute Gasteiger partial charge is 0.338 e. The fraction of sp³-hybridized carbons (Fsp3) is 0.120. The minimum absolute atomic E-state index is 0.0398. The molecule has 0 saturated carbocycles. The minimum Gasteiger partial charge on any atom is -0.451 e. The number of imide groups is 1. The molecular formula is C25H17Cl2NO5. The van der Waals surface area contributed by atoms with E-state index in [4.69, 9.17) is 27.9 Å². The van der Waals surface area contributed by atoms with E-state index in [0.29, 0.717) is 10.6 Å². The molecule has 0 bridgehead atoms. The summed E-state index contributed by atoms with van der Waals surface area (Å²) in [4.78, 5) is 51.9. The molecule has 0 N–H and O–H groups in total. The number of nitrogens with zero attached hydrogens (tertiary/aromatic N) is 1. The molecule has 1 aliphatic heterocycles. The van der Waals surface area contributed by atoms with Crippen LogP contribution in [0.1, 0.15) is 53.9 Å². The number of hydrogen-bond donors (Lipinski definition) is 0. The maximum absolute atomic E-state index is 13.0. The van der Waals surface area contributed by atoms with Crippen molar-refractivity contribution in [1.29, 1.82) is 0 Å². The largest absolute Gasteiger partial charge is 0.451 e. The fourth-order valence-corrected chi connectivity index (χ4v) is 3.98. The maximum atomic E-state index is 13.0. The molecule has 0 spiro atoms. The summed E-state index contributed by atoms with van der Waals surface area (Å²) in [5.74, 6) is -2.33. The summed E-state index contributed by atoms with van der Waals surface area (Å²) in [7, 11) is 0. The number of amides is 2. The molecule has 1 heterocycles. The number of anilines is 1. The van der Waals surface area contributed by atoms with E-state index in [1.165, 1.54) is 43.3 Å². The first kappa shape index (κ1) is 22.7. The molecule has 8 heteroatoms. The van der Waals surface area contributed by atoms with E-state index in [2.05, 4.69) is 0 Å². The van der Waals surface area contributed by atoms with Crippen molar-refractivity contribution in [3.05, 3.63) is 98.5 Å². The Morgan fingerprint density at radius 2 is 1.48 bits per heavy atom. The third kappa shape index (κ3) is 4.27. The molecule has 3 aromatic carbocycles. The van der Waals surface area contributed by atoms with Crippen LogP contribution in [-0.2, 0) is 4.74 Å². The van der Waals surface area contributed by atoms with Crippen LogP contribution in [0, 0.1) is 6.92 Å². The lowest BCUT2D eigenvalue weighted by atomic mass is 10.0. The number of aryl methyl sites for hydroxylation is 1. The lowest BCUT2D eigenvalue weighted by Crippen LogP contribution is -2.29. The highest BCUT2D eigenvalue weighted by Crippen LogP contribution is 2.35. The van der Waals surface area contributed by atoms with Gasteiger partial charge in [-0.15, -0.1) is 0 Å². The number of rotatable bonds is 5. The van der Waals surface area contributed by atoms with Gasteiger partial charge in [0.25, 0.3) is 11.8 Å². The van der Waals surface area contributed by atoms with Gasteiger partial charge < -0.3 is 4.74 Å². The first-order valence-corrected chi connectivity index (χ1v) is 10.7. The zero-order valence-corrected chi connectivity index (χ0v) is 19.1. The zero-order valence-electron chi connectivity index (χ0n) is 17.6. The molecule has 0 unspecified atom stereocenters. The average Bonchev–Trinajstić information content (AvgIpc) is 3.03. The van der Waals surface area contributed by atoms with Gasteiger partial charge in [0.2, 0.25) is 5.78 Å². The normalized spacial score (nSPS) is 13.6. The molecule has 2 amide bonds. The number of ketones is 1. The molecule has 166 valence electrons. The van der Waals surface area contributed by atoms with Crippen molar-refractivity contribution in [3.8, 4) is 0 Å². The standard InChI is InChI=1S/C25H17Cl2NO5/c1-13-3-5-15(6-4-13)22(29)14(2)33-25(32)16-7-9-18-19(11-16)24(31)28(23(18)30)21-10-8-17(26)12-20(21)27/h3-12,14H,1-2H3/t14-/m0/s1. The molecule has 3 aromatic rings. The predicted octanol–water partition coefficient (Wildman–Crippen LogP) is 5.53. The second-order valence-electron chi connectivity index (χ2n) is 7.58. The van der Waals surface area contributed by atoms with Crippen LogP contribution in [0.5, 0.6) is 0 Å². The van der Waals surface area contributed by atoms with Gasteiger partial charge in [0.1, 0.15) is 0 Å². The van der Waals surface area contributed by atoms with E-state index in [-0.39, 0.29) is 33.2 Å². The molecule has 1 aliphatic rings. The second kappa shape index (κ2) is 8.81. The summed E-state index contributed by atoms with van der Waals surface area (Å²) in [6.45, 7) is 3.38. The Hall–Kier alpha value is -3.48. The summed E-state index contributed by atoms with van der Waals surface area (Å²) in [6.07, 6.45) is -1.03. The predicted molar refractivity (Wildman–Crippen MR) is 124 cm³/mol. The van der Waals surface area contributed by atoms with Crippen LogP contribution in [0.2, 0.25) is 10.0 Å². The van der Waals surface area contributed by atoms with Crippen LogP contribution >= 0.6 is 23.2 Å². The lowest BCUT2D eigenvalue weighted by Gasteiger charge is -2.15. The van der Waals surface area contributed by atoms with Gasteiger partial charge in [0, 0.05) is 10.6 Å². The van der Waals surface area contributed by atoms with Crippen molar-refractivity contribution >= 4 is 52.5 Å². The quantitative estimate of drug-likeness (QED) is 0.271. The molecule has 1 atom stereocenters. The van der Waals surface area contributed by atoms with E-state index >= 15 is 0 Å². The van der Waals surface area contributed by atoms with Crippen molar-refractivity contribution in [2.75, 3.05) is 4.90 Å². The van der Waals surface area contributed by atoms with Crippen molar-refractivity contribution in [3.63, 3.8) is 0 Å². The molecule has 0 aliphatic carbocycles. The van der Waals surface area contributed by atoms with Gasteiger partial charge in [-0.1, -0.05) is 53.0 Å². The second-order valence-corrected chi connectivity index (χ2v) is 8.42. The molecule has 33 heavy (non-hydrogen) atoms. The van der Waals surface area contributed by atoms with Crippen LogP contribution in [0.25, 0.3) is 0 Å². The summed E-state index contributed by atoms with van der Waals surface area (Å²) in [5, 5.41) is 0.500. The Morgan fingerprint density at radius 3 is 2.15 bits per heavy atom. The number of fused-ring (bicyclic) bond motifs is 1. The Kier molecular flexibility index (Phi) is 6.06. The summed E-state index contributed by atoms with van der Waals surface area (Å²) in [5.41, 5.74) is 1.83. The van der Waals surface area contributed by atoms with E-state index in [9.17, 15) is 19.2 Å². The zero-order chi connectivity index (χ0) is 23.9. The minimum atomic E-state index is -1.03. The molecule has 0 fully saturated rings. The monoisotopic (exact) mass is 481 g/mol. The lowest BCUT2D eigenvalue weighted by molar-refractivity contribution is 0.0318. The van der Waals surface area contributed by atoms with E-state index < -0.39 is 23.9 Å². The van der Waals surface area contributed by atoms with Crippen molar-refractivity contribution in [2.45, 2.75) is 20.0 Å². The van der Waals surface area contributed by atoms with E-state index in [1.54, 1.807) is 24.3 Å². The highest BCUT2D eigenvalue weighted by molar-refractivity contribution is 6.41. The molecule has 0 aromatic heterocycles. The third-order valence-corrected chi connectivity index (χ3v) is 5.80. The molecule has 0 saturated heterocycles. The maximum Gasteiger partial charge on any atom is 0.338 e. The Bertz CT molecular complexity index is 1320. The number of ether oxygens (including phenoxy) is 1. The SMILES string of the molecule is Cc1ccc(C(=O)[C@H](C)OC(=O)c2ccc3c(c2)C(=O)N(c2ccc(Cl)cc2Cl)C3=O)cc1. The van der Waals surface area contributed by atoms with Gasteiger partial charge in [-0.25, -0.2) is 9.69 Å². The Labute approximate surface area is 199 Å². The summed E-state index contributed by atoms with van der Waals surface area (Å²) < 4.78 is 5.31. The van der Waals surface area contributed by atoms with Crippen molar-refractivity contribution in [1.82, 2.24) is 0 Å². The molecule has 6 nitrogen and oxygen atoms in total. The van der Waals surface area contributed by atoms with Gasteiger partial charge in [0.05, 0.1) is 27.4 Å². The highest BCUT2D eigenvalue weighted by atomic mass is 35.5. The first-order valence-electron chi connectivity index (χ1n) is 9.97. The summed E-state index contributed by atoms with van der Waals surface area (Å²) in [6, 6.07) is 15.4.